The van der Waals surface area contributed by atoms with E-state index >= 15 is 0 Å². The van der Waals surface area contributed by atoms with E-state index in [2.05, 4.69) is 56.1 Å². The van der Waals surface area contributed by atoms with E-state index in [0.717, 1.165) is 10.9 Å². The average molecular weight is 427 g/mol. The van der Waals surface area contributed by atoms with Crippen LogP contribution in [0.3, 0.4) is 0 Å². The summed E-state index contributed by atoms with van der Waals surface area (Å²) < 4.78 is 0. The number of hydrogen-bond acceptors (Lipinski definition) is 1. The molecule has 0 aliphatic heterocycles. The normalized spacial score (nSPS) is 11.5. The van der Waals surface area contributed by atoms with E-state index in [9.17, 15) is 0 Å². The molecular formula is C17H16IrN-. The Morgan fingerprint density at radius 1 is 1.05 bits per heavy atom. The Morgan fingerprint density at radius 3 is 2.58 bits per heavy atom. The van der Waals surface area contributed by atoms with Gasteiger partial charge in [0.25, 0.3) is 0 Å². The largest absolute Gasteiger partial charge is 0.304 e. The van der Waals surface area contributed by atoms with Crippen LogP contribution in [0.4, 0.5) is 0 Å². The van der Waals surface area contributed by atoms with Crippen LogP contribution in [0.25, 0.3) is 21.7 Å². The molecule has 1 heterocycles. The third kappa shape index (κ3) is 2.43. The molecule has 3 rings (SSSR count). The topological polar surface area (TPSA) is 12.9 Å². The van der Waals surface area contributed by atoms with Crippen LogP contribution in [-0.4, -0.2) is 4.98 Å². The van der Waals surface area contributed by atoms with Crippen LogP contribution in [0.5, 0.6) is 0 Å². The molecule has 0 bridgehead atoms. The number of benzene rings is 2. The van der Waals surface area contributed by atoms with Gasteiger partial charge < -0.3 is 4.98 Å². The van der Waals surface area contributed by atoms with Crippen molar-refractivity contribution in [2.45, 2.75) is 26.2 Å². The number of rotatable bonds is 0. The average Bonchev–Trinajstić information content (AvgIpc) is 2.36. The van der Waals surface area contributed by atoms with Gasteiger partial charge in [0.1, 0.15) is 0 Å². The molecule has 0 spiro atoms. The molecule has 0 saturated heterocycles. The van der Waals surface area contributed by atoms with Crippen molar-refractivity contribution in [2.24, 2.45) is 0 Å². The first-order valence-corrected chi connectivity index (χ1v) is 6.26. The summed E-state index contributed by atoms with van der Waals surface area (Å²) in [5, 5.41) is 3.56. The SMILES string of the molecule is CC(C)(C)c1cc[c-]c2c1ccc1cccnc12.[Ir]. The number of pyridine rings is 1. The minimum Gasteiger partial charge on any atom is -0.304 e. The van der Waals surface area contributed by atoms with Crippen molar-refractivity contribution in [3.05, 3.63) is 54.2 Å². The number of nitrogens with zero attached hydrogens (tertiary/aromatic N) is 1. The molecule has 2 heteroatoms. The van der Waals surface area contributed by atoms with Gasteiger partial charge in [0.2, 0.25) is 0 Å². The third-order valence-electron chi connectivity index (χ3n) is 3.35. The van der Waals surface area contributed by atoms with E-state index in [1.807, 2.05) is 18.3 Å². The molecular weight excluding hydrogens is 410 g/mol. The molecule has 0 aliphatic carbocycles. The van der Waals surface area contributed by atoms with Gasteiger partial charge in [0.15, 0.2) is 0 Å². The van der Waals surface area contributed by atoms with Crippen molar-refractivity contribution < 1.29 is 20.1 Å². The zero-order valence-electron chi connectivity index (χ0n) is 11.3. The predicted octanol–water partition coefficient (Wildman–Crippen LogP) is 4.48. The standard InChI is InChI=1S/C17H16N.Ir/c1-17(2,3)15-8-4-7-14-13(15)10-9-12-6-5-11-18-16(12)14;/h4-6,8-11H,1-3H3;/q-1;. The quantitative estimate of drug-likeness (QED) is 0.382. The summed E-state index contributed by atoms with van der Waals surface area (Å²) in [6.07, 6.45) is 1.85. The maximum atomic E-state index is 4.50. The van der Waals surface area contributed by atoms with Crippen LogP contribution in [0, 0.1) is 6.07 Å². The van der Waals surface area contributed by atoms with E-state index in [4.69, 9.17) is 0 Å². The number of fused-ring (bicyclic) bond motifs is 3. The Kier molecular flexibility index (Phi) is 3.75. The van der Waals surface area contributed by atoms with Gasteiger partial charge in [-0.15, -0.1) is 34.5 Å². The Bertz CT molecular complexity index is 726. The zero-order valence-corrected chi connectivity index (χ0v) is 13.7. The van der Waals surface area contributed by atoms with Crippen molar-refractivity contribution in [1.82, 2.24) is 4.98 Å². The van der Waals surface area contributed by atoms with Crippen LogP contribution in [0.1, 0.15) is 26.3 Å². The van der Waals surface area contributed by atoms with Crippen molar-refractivity contribution in [3.63, 3.8) is 0 Å². The van der Waals surface area contributed by atoms with Crippen LogP contribution in [-0.2, 0) is 25.5 Å². The number of hydrogen-bond donors (Lipinski definition) is 0. The fourth-order valence-electron chi connectivity index (χ4n) is 2.47. The molecule has 0 saturated carbocycles. The van der Waals surface area contributed by atoms with E-state index in [1.54, 1.807) is 0 Å². The summed E-state index contributed by atoms with van der Waals surface area (Å²) in [4.78, 5) is 4.50. The van der Waals surface area contributed by atoms with Gasteiger partial charge in [-0.2, -0.15) is 0 Å². The second kappa shape index (κ2) is 5.03. The summed E-state index contributed by atoms with van der Waals surface area (Å²) in [7, 11) is 0. The molecule has 0 N–H and O–H groups in total. The Hall–Kier alpha value is -1.24. The zero-order chi connectivity index (χ0) is 12.8. The number of aromatic nitrogens is 1. The smallest absolute Gasteiger partial charge is 0.0161 e. The van der Waals surface area contributed by atoms with Gasteiger partial charge >= 0.3 is 0 Å². The van der Waals surface area contributed by atoms with Crippen LogP contribution in [0.15, 0.2) is 42.6 Å². The molecule has 1 aromatic heterocycles. The van der Waals surface area contributed by atoms with Gasteiger partial charge in [-0.05, 0) is 22.4 Å². The summed E-state index contributed by atoms with van der Waals surface area (Å²) in [5.41, 5.74) is 2.53. The van der Waals surface area contributed by atoms with E-state index < -0.39 is 0 Å². The molecule has 1 radical (unpaired) electrons. The van der Waals surface area contributed by atoms with Crippen molar-refractivity contribution in [1.29, 1.82) is 0 Å². The van der Waals surface area contributed by atoms with Crippen molar-refractivity contribution >= 4 is 21.7 Å². The first-order chi connectivity index (χ1) is 8.57. The Morgan fingerprint density at radius 2 is 1.84 bits per heavy atom. The van der Waals surface area contributed by atoms with Crippen LogP contribution >= 0.6 is 0 Å². The molecule has 0 amide bonds. The molecule has 0 fully saturated rings. The summed E-state index contributed by atoms with van der Waals surface area (Å²) >= 11 is 0. The fourth-order valence-corrected chi connectivity index (χ4v) is 2.47. The molecule has 19 heavy (non-hydrogen) atoms. The summed E-state index contributed by atoms with van der Waals surface area (Å²) in [6, 6.07) is 15.9. The third-order valence-corrected chi connectivity index (χ3v) is 3.35. The second-order valence-electron chi connectivity index (χ2n) is 5.70. The fraction of sp³-hybridized carbons (Fsp3) is 0.235. The minimum absolute atomic E-state index is 0. The van der Waals surface area contributed by atoms with Gasteiger partial charge in [-0.25, -0.2) is 0 Å². The van der Waals surface area contributed by atoms with E-state index in [1.165, 1.54) is 16.3 Å². The predicted molar refractivity (Wildman–Crippen MR) is 76.8 cm³/mol. The summed E-state index contributed by atoms with van der Waals surface area (Å²) in [6.45, 7) is 6.72. The first kappa shape index (κ1) is 14.2. The Balaban J connectivity index is 0.00000133. The van der Waals surface area contributed by atoms with Crippen molar-refractivity contribution in [2.75, 3.05) is 0 Å². The van der Waals surface area contributed by atoms with E-state index in [0.29, 0.717) is 0 Å². The van der Waals surface area contributed by atoms with E-state index in [-0.39, 0.29) is 25.5 Å². The molecule has 0 unspecified atom stereocenters. The molecule has 1 nitrogen and oxygen atoms in total. The van der Waals surface area contributed by atoms with Crippen LogP contribution in [0.2, 0.25) is 0 Å². The van der Waals surface area contributed by atoms with Crippen LogP contribution < -0.4 is 0 Å². The second-order valence-corrected chi connectivity index (χ2v) is 5.70. The maximum absolute atomic E-state index is 4.50. The monoisotopic (exact) mass is 427 g/mol. The van der Waals surface area contributed by atoms with Gasteiger partial charge in [-0.1, -0.05) is 39.0 Å². The molecule has 0 aliphatic rings. The summed E-state index contributed by atoms with van der Waals surface area (Å²) in [5.74, 6) is 0. The van der Waals surface area contributed by atoms with Crippen molar-refractivity contribution in [3.8, 4) is 0 Å². The molecule has 3 aromatic rings. The maximum Gasteiger partial charge on any atom is 0.0161 e. The Labute approximate surface area is 127 Å². The van der Waals surface area contributed by atoms with Gasteiger partial charge in [0.05, 0.1) is 0 Å². The molecule has 99 valence electrons. The minimum atomic E-state index is 0. The molecule has 0 atom stereocenters. The van der Waals surface area contributed by atoms with Gasteiger partial charge in [0, 0.05) is 26.3 Å². The van der Waals surface area contributed by atoms with Gasteiger partial charge in [-0.3, -0.25) is 0 Å². The molecule has 2 aromatic carbocycles. The first-order valence-electron chi connectivity index (χ1n) is 6.26.